The molecule has 2 aliphatic carbocycles. The molecule has 1 fully saturated rings. The van der Waals surface area contributed by atoms with Crippen LogP contribution in [0.1, 0.15) is 56.4 Å². The zero-order valence-electron chi connectivity index (χ0n) is 17.4. The van der Waals surface area contributed by atoms with Crippen molar-refractivity contribution in [2.75, 3.05) is 11.9 Å². The highest BCUT2D eigenvalue weighted by Gasteiger charge is 2.29. The highest BCUT2D eigenvalue weighted by atomic mass is 16.5. The number of allylic oxidation sites excluding steroid dienone is 1. The van der Waals surface area contributed by atoms with Crippen LogP contribution in [-0.4, -0.2) is 37.9 Å². The first-order valence-electron chi connectivity index (χ1n) is 10.7. The van der Waals surface area contributed by atoms with Gasteiger partial charge in [-0.3, -0.25) is 5.41 Å². The van der Waals surface area contributed by atoms with E-state index in [9.17, 15) is 0 Å². The number of ether oxygens (including phenoxy) is 1. The summed E-state index contributed by atoms with van der Waals surface area (Å²) in [5.41, 5.74) is 4.73. The summed E-state index contributed by atoms with van der Waals surface area (Å²) in [7, 11) is 0. The smallest absolute Gasteiger partial charge is 0.226 e. The third-order valence-electron chi connectivity index (χ3n) is 6.03. The van der Waals surface area contributed by atoms with E-state index in [1.807, 2.05) is 35.8 Å². The average Bonchev–Trinajstić information content (AvgIpc) is 3.34. The van der Waals surface area contributed by atoms with Crippen LogP contribution in [0.25, 0.3) is 11.1 Å². The molecule has 0 saturated heterocycles. The number of hydrogen-bond donors (Lipinski definition) is 2. The van der Waals surface area contributed by atoms with Gasteiger partial charge in [0.15, 0.2) is 0 Å². The predicted octanol–water partition coefficient (Wildman–Crippen LogP) is 4.33. The molecule has 3 aromatic rings. The van der Waals surface area contributed by atoms with Gasteiger partial charge in [0.2, 0.25) is 11.8 Å². The maximum absolute atomic E-state index is 8.55. The van der Waals surface area contributed by atoms with Gasteiger partial charge in [0.25, 0.3) is 0 Å². The molecule has 0 atom stereocenters. The van der Waals surface area contributed by atoms with Crippen LogP contribution >= 0.6 is 0 Å². The fraction of sp³-hybridized carbons (Fsp3) is 0.391. The van der Waals surface area contributed by atoms with Crippen LogP contribution in [0.5, 0.6) is 5.88 Å². The van der Waals surface area contributed by atoms with E-state index in [1.165, 1.54) is 12.8 Å². The second-order valence-corrected chi connectivity index (χ2v) is 8.20. The number of fused-ring (bicyclic) bond motifs is 2. The summed E-state index contributed by atoms with van der Waals surface area (Å²) in [6, 6.07) is 6.40. The third kappa shape index (κ3) is 3.34. The van der Waals surface area contributed by atoms with Crippen molar-refractivity contribution in [1.29, 1.82) is 5.41 Å². The van der Waals surface area contributed by atoms with Gasteiger partial charge in [0.1, 0.15) is 5.69 Å². The van der Waals surface area contributed by atoms with E-state index in [0.717, 1.165) is 41.0 Å². The third-order valence-corrected chi connectivity index (χ3v) is 6.03. The largest absolute Gasteiger partial charge is 0.477 e. The molecular weight excluding hydrogens is 376 g/mol. The second kappa shape index (κ2) is 7.55. The summed E-state index contributed by atoms with van der Waals surface area (Å²) < 4.78 is 7.74. The van der Waals surface area contributed by atoms with Crippen LogP contribution in [0, 0.1) is 11.3 Å². The molecule has 30 heavy (non-hydrogen) atoms. The number of aromatic nitrogens is 4. The molecule has 2 N–H and O–H groups in total. The van der Waals surface area contributed by atoms with Crippen molar-refractivity contribution in [3.63, 3.8) is 0 Å². The van der Waals surface area contributed by atoms with E-state index >= 15 is 0 Å². The van der Waals surface area contributed by atoms with Crippen LogP contribution in [0.3, 0.4) is 0 Å². The Balaban J connectivity index is 1.52. The molecule has 5 rings (SSSR count). The normalized spacial score (nSPS) is 20.9. The van der Waals surface area contributed by atoms with E-state index in [2.05, 4.69) is 23.4 Å². The van der Waals surface area contributed by atoms with Crippen molar-refractivity contribution in [3.05, 3.63) is 53.5 Å². The summed E-state index contributed by atoms with van der Waals surface area (Å²) in [5, 5.41) is 16.3. The maximum atomic E-state index is 8.55. The van der Waals surface area contributed by atoms with Crippen molar-refractivity contribution in [3.8, 4) is 5.88 Å². The molecule has 3 heterocycles. The molecule has 3 aromatic heterocycles. The van der Waals surface area contributed by atoms with E-state index in [4.69, 9.17) is 20.1 Å². The topological polar surface area (TPSA) is 88.2 Å². The molecule has 7 heteroatoms. The molecule has 0 spiro atoms. The van der Waals surface area contributed by atoms with Gasteiger partial charge in [-0.05, 0) is 73.9 Å². The lowest BCUT2D eigenvalue weighted by Gasteiger charge is -2.27. The Labute approximate surface area is 175 Å². The Bertz CT molecular complexity index is 1140. The van der Waals surface area contributed by atoms with Crippen molar-refractivity contribution < 1.29 is 4.74 Å². The summed E-state index contributed by atoms with van der Waals surface area (Å²) in [6.45, 7) is 4.77. The van der Waals surface area contributed by atoms with E-state index < -0.39 is 0 Å². The minimum atomic E-state index is 0.376. The highest BCUT2D eigenvalue weighted by molar-refractivity contribution is 6.20. The first kappa shape index (κ1) is 18.8. The van der Waals surface area contributed by atoms with Gasteiger partial charge in [-0.1, -0.05) is 6.92 Å². The van der Waals surface area contributed by atoms with Gasteiger partial charge in [-0.25, -0.2) is 9.50 Å². The number of nitrogens with zero attached hydrogens (tertiary/aromatic N) is 4. The Morgan fingerprint density at radius 3 is 2.83 bits per heavy atom. The number of nitrogens with one attached hydrogen (secondary N) is 2. The Morgan fingerprint density at radius 2 is 2.03 bits per heavy atom. The molecule has 0 radical (unpaired) electrons. The summed E-state index contributed by atoms with van der Waals surface area (Å²) in [5.74, 6) is 1.88. The molecule has 1 saturated carbocycles. The van der Waals surface area contributed by atoms with Crippen LogP contribution in [0.2, 0.25) is 0 Å². The molecule has 0 amide bonds. The van der Waals surface area contributed by atoms with Crippen molar-refractivity contribution >= 4 is 22.7 Å². The van der Waals surface area contributed by atoms with Crippen LogP contribution in [0.15, 0.2) is 36.7 Å². The minimum Gasteiger partial charge on any atom is -0.477 e. The van der Waals surface area contributed by atoms with Crippen molar-refractivity contribution in [1.82, 2.24) is 19.6 Å². The lowest BCUT2D eigenvalue weighted by atomic mass is 9.87. The molecule has 2 aliphatic rings. The van der Waals surface area contributed by atoms with Crippen molar-refractivity contribution in [2.24, 2.45) is 5.92 Å². The second-order valence-electron chi connectivity index (χ2n) is 8.20. The van der Waals surface area contributed by atoms with Gasteiger partial charge >= 0.3 is 0 Å². The van der Waals surface area contributed by atoms with Crippen LogP contribution in [-0.2, 0) is 0 Å². The lowest BCUT2D eigenvalue weighted by Crippen LogP contribution is -2.26. The van der Waals surface area contributed by atoms with Crippen LogP contribution < -0.4 is 10.1 Å². The number of anilines is 1. The van der Waals surface area contributed by atoms with Gasteiger partial charge in [-0.2, -0.15) is 10.1 Å². The molecular formula is C23H26N6O. The molecule has 154 valence electrons. The van der Waals surface area contributed by atoms with Gasteiger partial charge in [0, 0.05) is 18.4 Å². The number of rotatable bonds is 5. The van der Waals surface area contributed by atoms with E-state index in [0.29, 0.717) is 35.9 Å². The van der Waals surface area contributed by atoms with Gasteiger partial charge in [-0.15, -0.1) is 0 Å². The fourth-order valence-corrected chi connectivity index (χ4v) is 4.37. The summed E-state index contributed by atoms with van der Waals surface area (Å²) in [4.78, 5) is 9.43. The number of hydrogen-bond acceptors (Lipinski definition) is 6. The Hall–Kier alpha value is -3.22. The first-order chi connectivity index (χ1) is 14.6. The SMILES string of the molecule is CCOc1nc(NC2CCC(C)CC2)nc2c1C(c1ccn3nccc3c1)=CC2=N. The molecule has 0 bridgehead atoms. The maximum Gasteiger partial charge on any atom is 0.226 e. The quantitative estimate of drug-likeness (QED) is 0.663. The van der Waals surface area contributed by atoms with Crippen LogP contribution in [0.4, 0.5) is 5.95 Å². The predicted molar refractivity (Wildman–Crippen MR) is 117 cm³/mol. The first-order valence-corrected chi connectivity index (χ1v) is 10.7. The average molecular weight is 403 g/mol. The molecule has 0 aliphatic heterocycles. The highest BCUT2D eigenvalue weighted by Crippen LogP contribution is 2.38. The molecule has 0 aromatic carbocycles. The van der Waals surface area contributed by atoms with Crippen molar-refractivity contribution in [2.45, 2.75) is 45.6 Å². The zero-order chi connectivity index (χ0) is 20.7. The molecule has 7 nitrogen and oxygen atoms in total. The lowest BCUT2D eigenvalue weighted by molar-refractivity contribution is 0.324. The summed E-state index contributed by atoms with van der Waals surface area (Å²) in [6.07, 6.45) is 10.2. The van der Waals surface area contributed by atoms with Gasteiger partial charge in [0.05, 0.1) is 23.4 Å². The monoisotopic (exact) mass is 402 g/mol. The van der Waals surface area contributed by atoms with Gasteiger partial charge < -0.3 is 10.1 Å². The zero-order valence-corrected chi connectivity index (χ0v) is 17.4. The Morgan fingerprint density at radius 1 is 1.20 bits per heavy atom. The Kier molecular flexibility index (Phi) is 4.73. The standard InChI is InChI=1S/C23H26N6O/c1-3-30-22-20-18(15-9-11-29-17(12-15)8-10-25-29)13-19(24)21(20)27-23(28-22)26-16-6-4-14(2)5-7-16/h8-14,16,24H,3-7H2,1-2H3,(H,26,27,28). The fourth-order valence-electron chi connectivity index (χ4n) is 4.37. The van der Waals surface area contributed by atoms with E-state index in [1.54, 1.807) is 6.20 Å². The summed E-state index contributed by atoms with van der Waals surface area (Å²) >= 11 is 0. The minimum absolute atomic E-state index is 0.376. The van der Waals surface area contributed by atoms with E-state index in [-0.39, 0.29) is 0 Å². The molecule has 0 unspecified atom stereocenters. The number of pyridine rings is 1.